The highest BCUT2D eigenvalue weighted by Gasteiger charge is 2.38. The lowest BCUT2D eigenvalue weighted by molar-refractivity contribution is 0.0600. The van der Waals surface area contributed by atoms with Crippen molar-refractivity contribution in [2.24, 2.45) is 4.99 Å². The van der Waals surface area contributed by atoms with Crippen LogP contribution in [-0.4, -0.2) is 18.8 Å². The molecule has 0 spiro atoms. The Morgan fingerprint density at radius 3 is 2.56 bits per heavy atom. The molecule has 0 amide bonds. The fraction of sp³-hybridized carbons (Fsp3) is 0.467. The summed E-state index contributed by atoms with van der Waals surface area (Å²) in [6.07, 6.45) is 1.99. The SMILES string of the molecule is CCC1(CC)C(C)=Nc2ccc(C(=O)OC)cc21. The average Bonchev–Trinajstić information content (AvgIpc) is 2.69. The van der Waals surface area contributed by atoms with Crippen molar-refractivity contribution in [2.45, 2.75) is 39.0 Å². The van der Waals surface area contributed by atoms with Crippen LogP contribution in [0.4, 0.5) is 5.69 Å². The minimum absolute atomic E-state index is 0.0145. The molecule has 0 fully saturated rings. The molecule has 0 radical (unpaired) electrons. The predicted octanol–water partition coefficient (Wildman–Crippen LogP) is 3.64. The van der Waals surface area contributed by atoms with Crippen molar-refractivity contribution in [3.8, 4) is 0 Å². The second kappa shape index (κ2) is 4.56. The summed E-state index contributed by atoms with van der Waals surface area (Å²) in [5.41, 5.74) is 3.88. The number of carbonyl (C=O) groups is 1. The molecule has 1 aromatic rings. The number of hydrogen-bond donors (Lipinski definition) is 0. The topological polar surface area (TPSA) is 38.7 Å². The van der Waals surface area contributed by atoms with Gasteiger partial charge in [-0.15, -0.1) is 0 Å². The van der Waals surface area contributed by atoms with Gasteiger partial charge in [0.05, 0.1) is 18.4 Å². The molecule has 1 aromatic carbocycles. The fourth-order valence-corrected chi connectivity index (χ4v) is 2.89. The summed E-state index contributed by atoms with van der Waals surface area (Å²) in [5, 5.41) is 0. The summed E-state index contributed by atoms with van der Waals surface area (Å²) in [6, 6.07) is 5.63. The number of hydrogen-bond acceptors (Lipinski definition) is 3. The molecular weight excluding hydrogens is 226 g/mol. The maximum absolute atomic E-state index is 11.6. The van der Waals surface area contributed by atoms with E-state index in [0.29, 0.717) is 5.56 Å². The van der Waals surface area contributed by atoms with Crippen molar-refractivity contribution in [1.82, 2.24) is 0 Å². The molecule has 0 atom stereocenters. The summed E-state index contributed by atoms with van der Waals surface area (Å²) < 4.78 is 4.78. The predicted molar refractivity (Wildman–Crippen MR) is 72.8 cm³/mol. The van der Waals surface area contributed by atoms with Crippen LogP contribution in [0.5, 0.6) is 0 Å². The van der Waals surface area contributed by atoms with Gasteiger partial charge < -0.3 is 4.74 Å². The van der Waals surface area contributed by atoms with Crippen LogP contribution in [0.2, 0.25) is 0 Å². The zero-order valence-electron chi connectivity index (χ0n) is 11.4. The van der Waals surface area contributed by atoms with Gasteiger partial charge in [0.25, 0.3) is 0 Å². The second-order valence-electron chi connectivity index (χ2n) is 4.71. The van der Waals surface area contributed by atoms with Crippen LogP contribution >= 0.6 is 0 Å². The fourth-order valence-electron chi connectivity index (χ4n) is 2.89. The minimum Gasteiger partial charge on any atom is -0.465 e. The molecule has 0 aromatic heterocycles. The van der Waals surface area contributed by atoms with Gasteiger partial charge in [-0.1, -0.05) is 13.8 Å². The smallest absolute Gasteiger partial charge is 0.337 e. The summed E-state index contributed by atoms with van der Waals surface area (Å²) >= 11 is 0. The van der Waals surface area contributed by atoms with Crippen LogP contribution in [0.3, 0.4) is 0 Å². The van der Waals surface area contributed by atoms with Crippen LogP contribution in [-0.2, 0) is 10.2 Å². The molecular formula is C15H19NO2. The normalized spacial score (nSPS) is 16.1. The number of carbonyl (C=O) groups excluding carboxylic acids is 1. The van der Waals surface area contributed by atoms with Gasteiger partial charge in [-0.2, -0.15) is 0 Å². The molecule has 18 heavy (non-hydrogen) atoms. The van der Waals surface area contributed by atoms with Crippen molar-refractivity contribution in [3.63, 3.8) is 0 Å². The lowest BCUT2D eigenvalue weighted by Gasteiger charge is -2.28. The summed E-state index contributed by atoms with van der Waals surface area (Å²) in [6.45, 7) is 6.41. The molecule has 3 nitrogen and oxygen atoms in total. The van der Waals surface area contributed by atoms with Crippen molar-refractivity contribution in [1.29, 1.82) is 0 Å². The first kappa shape index (κ1) is 12.8. The molecule has 3 heteroatoms. The maximum Gasteiger partial charge on any atom is 0.337 e. The Hall–Kier alpha value is -1.64. The number of benzene rings is 1. The highest BCUT2D eigenvalue weighted by Crippen LogP contribution is 2.45. The number of nitrogens with zero attached hydrogens (tertiary/aromatic N) is 1. The zero-order chi connectivity index (χ0) is 13.3. The third-order valence-corrected chi connectivity index (χ3v) is 4.12. The van der Waals surface area contributed by atoms with Gasteiger partial charge in [-0.25, -0.2) is 4.79 Å². The quantitative estimate of drug-likeness (QED) is 0.763. The largest absolute Gasteiger partial charge is 0.465 e. The van der Waals surface area contributed by atoms with Crippen molar-refractivity contribution in [2.75, 3.05) is 7.11 Å². The van der Waals surface area contributed by atoms with Crippen LogP contribution in [0.15, 0.2) is 23.2 Å². The average molecular weight is 245 g/mol. The van der Waals surface area contributed by atoms with Crippen LogP contribution < -0.4 is 0 Å². The number of fused-ring (bicyclic) bond motifs is 1. The molecule has 0 aliphatic carbocycles. The van der Waals surface area contributed by atoms with Gasteiger partial charge in [-0.3, -0.25) is 4.99 Å². The van der Waals surface area contributed by atoms with E-state index in [1.165, 1.54) is 7.11 Å². The third-order valence-electron chi connectivity index (χ3n) is 4.12. The van der Waals surface area contributed by atoms with Gasteiger partial charge in [-0.05, 0) is 43.5 Å². The van der Waals surface area contributed by atoms with Crippen LogP contribution in [0.25, 0.3) is 0 Å². The minimum atomic E-state index is -0.288. The number of ether oxygens (including phenoxy) is 1. The first-order valence-electron chi connectivity index (χ1n) is 6.37. The lowest BCUT2D eigenvalue weighted by Crippen LogP contribution is -2.29. The second-order valence-corrected chi connectivity index (χ2v) is 4.71. The molecule has 96 valence electrons. The zero-order valence-corrected chi connectivity index (χ0v) is 11.4. The molecule has 0 unspecified atom stereocenters. The first-order valence-corrected chi connectivity index (χ1v) is 6.37. The number of aliphatic imine (C=N–C) groups is 1. The lowest BCUT2D eigenvalue weighted by atomic mass is 9.73. The number of rotatable bonds is 3. The first-order chi connectivity index (χ1) is 8.58. The Labute approximate surface area is 108 Å². The highest BCUT2D eigenvalue weighted by atomic mass is 16.5. The Bertz CT molecular complexity index is 513. The highest BCUT2D eigenvalue weighted by molar-refractivity contribution is 6.01. The van der Waals surface area contributed by atoms with E-state index in [1.54, 1.807) is 6.07 Å². The standard InChI is InChI=1S/C15H19NO2/c1-5-15(6-2)10(3)16-13-8-7-11(9-12(13)15)14(17)18-4/h7-9H,5-6H2,1-4H3. The van der Waals surface area contributed by atoms with E-state index in [0.717, 1.165) is 29.8 Å². The van der Waals surface area contributed by atoms with E-state index in [-0.39, 0.29) is 11.4 Å². The Kier molecular flexibility index (Phi) is 3.24. The van der Waals surface area contributed by atoms with Crippen molar-refractivity contribution in [3.05, 3.63) is 29.3 Å². The van der Waals surface area contributed by atoms with Gasteiger partial charge in [0.15, 0.2) is 0 Å². The van der Waals surface area contributed by atoms with Gasteiger partial charge in [0.2, 0.25) is 0 Å². The van der Waals surface area contributed by atoms with Crippen LogP contribution in [0, 0.1) is 0 Å². The molecule has 0 N–H and O–H groups in total. The molecule has 1 aliphatic rings. The van der Waals surface area contributed by atoms with E-state index in [1.807, 2.05) is 12.1 Å². The third kappa shape index (κ3) is 1.65. The van der Waals surface area contributed by atoms with E-state index < -0.39 is 0 Å². The van der Waals surface area contributed by atoms with Crippen LogP contribution in [0.1, 0.15) is 49.5 Å². The number of methoxy groups -OCH3 is 1. The van der Waals surface area contributed by atoms with Crippen molar-refractivity contribution >= 4 is 17.4 Å². The molecule has 2 rings (SSSR count). The molecule has 0 bridgehead atoms. The number of esters is 1. The summed E-state index contributed by atoms with van der Waals surface area (Å²) in [7, 11) is 1.41. The van der Waals surface area contributed by atoms with E-state index in [2.05, 4.69) is 25.8 Å². The molecule has 1 aliphatic heterocycles. The summed E-state index contributed by atoms with van der Waals surface area (Å²) in [5.74, 6) is -0.288. The molecule has 0 saturated heterocycles. The monoisotopic (exact) mass is 245 g/mol. The Balaban J connectivity index is 2.56. The Morgan fingerprint density at radius 1 is 1.33 bits per heavy atom. The molecule has 1 heterocycles. The van der Waals surface area contributed by atoms with Gasteiger partial charge in [0, 0.05) is 11.1 Å². The maximum atomic E-state index is 11.6. The van der Waals surface area contributed by atoms with E-state index in [4.69, 9.17) is 4.74 Å². The Morgan fingerprint density at radius 2 is 2.00 bits per heavy atom. The summed E-state index contributed by atoms with van der Waals surface area (Å²) in [4.78, 5) is 16.3. The van der Waals surface area contributed by atoms with Gasteiger partial charge >= 0.3 is 5.97 Å². The van der Waals surface area contributed by atoms with E-state index >= 15 is 0 Å². The van der Waals surface area contributed by atoms with Gasteiger partial charge in [0.1, 0.15) is 0 Å². The van der Waals surface area contributed by atoms with Crippen molar-refractivity contribution < 1.29 is 9.53 Å². The molecule has 0 saturated carbocycles. The van der Waals surface area contributed by atoms with E-state index in [9.17, 15) is 4.79 Å².